The summed E-state index contributed by atoms with van der Waals surface area (Å²) in [6.45, 7) is 0. The minimum absolute atomic E-state index is 0.632. The van der Waals surface area contributed by atoms with Crippen molar-refractivity contribution in [2.75, 3.05) is 0 Å². The van der Waals surface area contributed by atoms with Gasteiger partial charge in [-0.3, -0.25) is 5.10 Å². The first-order chi connectivity index (χ1) is 7.34. The summed E-state index contributed by atoms with van der Waals surface area (Å²) in [6, 6.07) is 8.18. The van der Waals surface area contributed by atoms with Crippen molar-refractivity contribution in [1.82, 2.24) is 15.2 Å². The average molecular weight is 311 g/mol. The van der Waals surface area contributed by atoms with E-state index in [9.17, 15) is 0 Å². The van der Waals surface area contributed by atoms with Crippen LogP contribution in [0.25, 0.3) is 11.4 Å². The Kier molecular flexibility index (Phi) is 2.23. The third-order valence-electron chi connectivity index (χ3n) is 2.58. The van der Waals surface area contributed by atoms with Gasteiger partial charge in [-0.2, -0.15) is 5.10 Å². The normalized spacial score (nSPS) is 15.5. The Morgan fingerprint density at radius 2 is 2.07 bits per heavy atom. The molecule has 0 spiro atoms. The van der Waals surface area contributed by atoms with Crippen LogP contribution in [0.4, 0.5) is 0 Å². The number of halogens is 1. The molecule has 0 radical (unpaired) electrons. The van der Waals surface area contributed by atoms with Gasteiger partial charge in [-0.1, -0.05) is 18.2 Å². The Hall–Kier alpha value is -0.910. The predicted octanol–water partition coefficient (Wildman–Crippen LogP) is 2.95. The van der Waals surface area contributed by atoms with Gasteiger partial charge in [0.25, 0.3) is 0 Å². The lowest BCUT2D eigenvalue weighted by Crippen LogP contribution is -1.85. The summed E-state index contributed by atoms with van der Waals surface area (Å²) in [6.07, 6.45) is 2.50. The van der Waals surface area contributed by atoms with Crippen LogP contribution in [-0.2, 0) is 0 Å². The monoisotopic (exact) mass is 311 g/mol. The maximum atomic E-state index is 4.53. The Bertz CT molecular complexity index is 488. The minimum atomic E-state index is 0.632. The van der Waals surface area contributed by atoms with E-state index in [1.807, 2.05) is 12.1 Å². The molecule has 1 N–H and O–H groups in total. The van der Waals surface area contributed by atoms with Gasteiger partial charge < -0.3 is 0 Å². The van der Waals surface area contributed by atoms with Gasteiger partial charge in [0.1, 0.15) is 5.82 Å². The Labute approximate surface area is 101 Å². The van der Waals surface area contributed by atoms with E-state index in [1.165, 1.54) is 16.4 Å². The number of rotatable bonds is 2. The van der Waals surface area contributed by atoms with Crippen molar-refractivity contribution in [2.24, 2.45) is 0 Å². The standard InChI is InChI=1S/C11H10IN3/c12-9-4-2-1-3-8(9)11-13-10(14-15-11)7-5-6-7/h1-4,7H,5-6H2,(H,13,14,15). The van der Waals surface area contributed by atoms with Gasteiger partial charge in [-0.25, -0.2) is 4.98 Å². The van der Waals surface area contributed by atoms with Crippen LogP contribution in [0.1, 0.15) is 24.6 Å². The van der Waals surface area contributed by atoms with Crippen LogP contribution in [0, 0.1) is 3.57 Å². The lowest BCUT2D eigenvalue weighted by molar-refractivity contribution is 0.935. The number of hydrogen-bond acceptors (Lipinski definition) is 2. The van der Waals surface area contributed by atoms with Crippen molar-refractivity contribution in [3.05, 3.63) is 33.7 Å². The smallest absolute Gasteiger partial charge is 0.182 e. The second-order valence-electron chi connectivity index (χ2n) is 3.80. The number of aromatic nitrogens is 3. The highest BCUT2D eigenvalue weighted by atomic mass is 127. The Morgan fingerprint density at radius 3 is 2.80 bits per heavy atom. The van der Waals surface area contributed by atoms with Crippen LogP contribution in [0.5, 0.6) is 0 Å². The molecule has 1 aliphatic rings. The molecule has 1 saturated carbocycles. The molecular weight excluding hydrogens is 301 g/mol. The molecule has 0 amide bonds. The molecule has 4 heteroatoms. The average Bonchev–Trinajstić information content (AvgIpc) is 2.99. The predicted molar refractivity (Wildman–Crippen MR) is 66.5 cm³/mol. The zero-order valence-corrected chi connectivity index (χ0v) is 10.2. The van der Waals surface area contributed by atoms with Crippen LogP contribution in [0.2, 0.25) is 0 Å². The van der Waals surface area contributed by atoms with Gasteiger partial charge in [-0.15, -0.1) is 0 Å². The molecule has 0 atom stereocenters. The summed E-state index contributed by atoms with van der Waals surface area (Å²) in [5.41, 5.74) is 1.11. The summed E-state index contributed by atoms with van der Waals surface area (Å²) >= 11 is 2.31. The molecule has 0 aliphatic heterocycles. The SMILES string of the molecule is Ic1ccccc1-c1n[nH]c(C2CC2)n1. The van der Waals surface area contributed by atoms with Crippen molar-refractivity contribution in [2.45, 2.75) is 18.8 Å². The summed E-state index contributed by atoms with van der Waals surface area (Å²) in [7, 11) is 0. The first-order valence-electron chi connectivity index (χ1n) is 5.02. The van der Waals surface area contributed by atoms with Gasteiger partial charge in [-0.05, 0) is 41.5 Å². The van der Waals surface area contributed by atoms with Crippen molar-refractivity contribution < 1.29 is 0 Å². The second-order valence-corrected chi connectivity index (χ2v) is 4.96. The zero-order chi connectivity index (χ0) is 10.3. The zero-order valence-electron chi connectivity index (χ0n) is 8.07. The lowest BCUT2D eigenvalue weighted by atomic mass is 10.2. The van der Waals surface area contributed by atoms with E-state index in [2.05, 4.69) is 49.9 Å². The molecule has 1 aromatic heterocycles. The highest BCUT2D eigenvalue weighted by Crippen LogP contribution is 2.38. The maximum absolute atomic E-state index is 4.53. The molecule has 0 saturated heterocycles. The van der Waals surface area contributed by atoms with Crippen LogP contribution in [0.3, 0.4) is 0 Å². The summed E-state index contributed by atoms with van der Waals surface area (Å²) < 4.78 is 1.19. The van der Waals surface area contributed by atoms with Crippen molar-refractivity contribution in [3.63, 3.8) is 0 Å². The van der Waals surface area contributed by atoms with Gasteiger partial charge in [0.15, 0.2) is 5.82 Å². The molecule has 1 aromatic carbocycles. The van der Waals surface area contributed by atoms with Crippen molar-refractivity contribution in [3.8, 4) is 11.4 Å². The van der Waals surface area contributed by atoms with Crippen LogP contribution in [-0.4, -0.2) is 15.2 Å². The number of aromatic amines is 1. The van der Waals surface area contributed by atoms with E-state index < -0.39 is 0 Å². The highest BCUT2D eigenvalue weighted by Gasteiger charge is 2.27. The van der Waals surface area contributed by atoms with Crippen molar-refractivity contribution in [1.29, 1.82) is 0 Å². The quantitative estimate of drug-likeness (QED) is 0.867. The van der Waals surface area contributed by atoms with Crippen LogP contribution in [0.15, 0.2) is 24.3 Å². The van der Waals surface area contributed by atoms with E-state index in [0.717, 1.165) is 17.2 Å². The fourth-order valence-corrected chi connectivity index (χ4v) is 2.21. The summed E-state index contributed by atoms with van der Waals surface area (Å²) in [5.74, 6) is 2.50. The van der Waals surface area contributed by atoms with E-state index in [1.54, 1.807) is 0 Å². The number of nitrogens with one attached hydrogen (secondary N) is 1. The van der Waals surface area contributed by atoms with E-state index in [0.29, 0.717) is 5.92 Å². The molecule has 0 bridgehead atoms. The van der Waals surface area contributed by atoms with E-state index in [-0.39, 0.29) is 0 Å². The molecule has 0 unspecified atom stereocenters. The molecule has 76 valence electrons. The molecule has 3 rings (SSSR count). The largest absolute Gasteiger partial charge is 0.262 e. The highest BCUT2D eigenvalue weighted by molar-refractivity contribution is 14.1. The first kappa shape index (κ1) is 9.33. The molecule has 1 aliphatic carbocycles. The van der Waals surface area contributed by atoms with Gasteiger partial charge in [0.05, 0.1) is 0 Å². The van der Waals surface area contributed by atoms with Crippen LogP contribution >= 0.6 is 22.6 Å². The first-order valence-corrected chi connectivity index (χ1v) is 6.09. The number of H-pyrrole nitrogens is 1. The van der Waals surface area contributed by atoms with Crippen LogP contribution < -0.4 is 0 Å². The third-order valence-corrected chi connectivity index (χ3v) is 3.52. The maximum Gasteiger partial charge on any atom is 0.182 e. The molecule has 1 fully saturated rings. The minimum Gasteiger partial charge on any atom is -0.262 e. The second kappa shape index (κ2) is 3.59. The molecule has 3 nitrogen and oxygen atoms in total. The lowest BCUT2D eigenvalue weighted by Gasteiger charge is -1.97. The third kappa shape index (κ3) is 1.78. The fraction of sp³-hybridized carbons (Fsp3) is 0.273. The Morgan fingerprint density at radius 1 is 1.27 bits per heavy atom. The molecular formula is C11H10IN3. The number of benzene rings is 1. The van der Waals surface area contributed by atoms with E-state index in [4.69, 9.17) is 0 Å². The summed E-state index contributed by atoms with van der Waals surface area (Å²) in [4.78, 5) is 4.53. The van der Waals surface area contributed by atoms with Gasteiger partial charge in [0, 0.05) is 15.1 Å². The van der Waals surface area contributed by atoms with E-state index >= 15 is 0 Å². The Balaban J connectivity index is 2.01. The topological polar surface area (TPSA) is 41.6 Å². The van der Waals surface area contributed by atoms with Gasteiger partial charge >= 0.3 is 0 Å². The molecule has 2 aromatic rings. The molecule has 15 heavy (non-hydrogen) atoms. The van der Waals surface area contributed by atoms with Crippen molar-refractivity contribution >= 4 is 22.6 Å². The number of hydrogen-bond donors (Lipinski definition) is 1. The summed E-state index contributed by atoms with van der Waals surface area (Å²) in [5, 5.41) is 7.30. The fourth-order valence-electron chi connectivity index (χ4n) is 1.58. The molecule has 1 heterocycles. The number of nitrogens with zero attached hydrogens (tertiary/aromatic N) is 2. The van der Waals surface area contributed by atoms with Gasteiger partial charge in [0.2, 0.25) is 0 Å².